The summed E-state index contributed by atoms with van der Waals surface area (Å²) >= 11 is 0. The lowest BCUT2D eigenvalue weighted by molar-refractivity contribution is 0.102. The number of fused-ring (bicyclic) bond motifs is 1. The van der Waals surface area contributed by atoms with Crippen molar-refractivity contribution in [3.05, 3.63) is 64.6 Å². The molecule has 1 aromatic heterocycles. The van der Waals surface area contributed by atoms with E-state index in [9.17, 15) is 18.0 Å². The highest BCUT2D eigenvalue weighted by Gasteiger charge is 2.28. The minimum Gasteiger partial charge on any atom is -0.321 e. The summed E-state index contributed by atoms with van der Waals surface area (Å²) in [5, 5.41) is 7.90. The average Bonchev–Trinajstić information content (AvgIpc) is 2.79. The number of amides is 1. The van der Waals surface area contributed by atoms with E-state index in [-0.39, 0.29) is 22.2 Å². The molecule has 1 N–H and O–H groups in total. The number of rotatable bonds is 5. The molecule has 0 bridgehead atoms. The Kier molecular flexibility index (Phi) is 6.33. The molecule has 1 aliphatic heterocycles. The third-order valence-corrected chi connectivity index (χ3v) is 7.62. The van der Waals surface area contributed by atoms with Crippen LogP contribution in [0.2, 0.25) is 0 Å². The molecule has 2 heterocycles. The van der Waals surface area contributed by atoms with Gasteiger partial charge in [0.1, 0.15) is 0 Å². The number of likely N-dealkylation sites (N-methyl/N-ethyl adjacent to an activating group) is 1. The van der Waals surface area contributed by atoms with Crippen LogP contribution >= 0.6 is 0 Å². The number of nitrogens with zero attached hydrogens (tertiary/aromatic N) is 4. The van der Waals surface area contributed by atoms with E-state index in [1.54, 1.807) is 36.4 Å². The number of benzene rings is 2. The fraction of sp³-hybridized carbons (Fsp3) is 0.348. The molecule has 0 spiro atoms. The van der Waals surface area contributed by atoms with Crippen LogP contribution in [0.25, 0.3) is 10.8 Å². The first-order chi connectivity index (χ1) is 15.7. The number of carbonyl (C=O) groups is 1. The van der Waals surface area contributed by atoms with E-state index >= 15 is 0 Å². The fourth-order valence-corrected chi connectivity index (χ4v) is 5.29. The van der Waals surface area contributed by atoms with Gasteiger partial charge in [0.05, 0.1) is 16.3 Å². The third kappa shape index (κ3) is 4.54. The number of hydrogen-bond acceptors (Lipinski definition) is 6. The Morgan fingerprint density at radius 2 is 1.67 bits per heavy atom. The second kappa shape index (κ2) is 9.05. The summed E-state index contributed by atoms with van der Waals surface area (Å²) in [5.41, 5.74) is 0.173. The lowest BCUT2D eigenvalue weighted by atomic mass is 10.1. The van der Waals surface area contributed by atoms with E-state index in [0.29, 0.717) is 42.6 Å². The SMILES string of the molecule is CC(C)n1nc(C(=O)Nc2cccc(S(=O)(=O)N3CCN(C)CC3)c2)c2ccccc2c1=O. The van der Waals surface area contributed by atoms with Gasteiger partial charge in [-0.05, 0) is 45.2 Å². The molecule has 4 rings (SSSR count). The molecule has 2 aromatic carbocycles. The molecular formula is C23H27N5O4S. The normalized spacial score (nSPS) is 15.8. The molecule has 33 heavy (non-hydrogen) atoms. The molecule has 10 heteroatoms. The largest absolute Gasteiger partial charge is 0.321 e. The second-order valence-corrected chi connectivity index (χ2v) is 10.4. The topological polar surface area (TPSA) is 105 Å². The molecule has 1 amide bonds. The number of piperazine rings is 1. The molecule has 0 saturated carbocycles. The lowest BCUT2D eigenvalue weighted by Crippen LogP contribution is -2.47. The van der Waals surface area contributed by atoms with Crippen LogP contribution in [0.4, 0.5) is 5.69 Å². The minimum absolute atomic E-state index is 0.103. The number of carbonyl (C=O) groups excluding carboxylic acids is 1. The first kappa shape index (κ1) is 23.1. The maximum absolute atomic E-state index is 13.2. The highest BCUT2D eigenvalue weighted by molar-refractivity contribution is 7.89. The molecular weight excluding hydrogens is 442 g/mol. The van der Waals surface area contributed by atoms with Gasteiger partial charge < -0.3 is 10.2 Å². The van der Waals surface area contributed by atoms with Gasteiger partial charge in [0.2, 0.25) is 10.0 Å². The smallest absolute Gasteiger partial charge is 0.276 e. The number of aromatic nitrogens is 2. The summed E-state index contributed by atoms with van der Waals surface area (Å²) < 4.78 is 28.9. The summed E-state index contributed by atoms with van der Waals surface area (Å²) in [6.07, 6.45) is 0. The van der Waals surface area contributed by atoms with E-state index < -0.39 is 15.9 Å². The van der Waals surface area contributed by atoms with Crippen molar-refractivity contribution in [2.24, 2.45) is 0 Å². The summed E-state index contributed by atoms with van der Waals surface area (Å²) in [5.74, 6) is -0.519. The predicted molar refractivity (Wildman–Crippen MR) is 127 cm³/mol. The van der Waals surface area contributed by atoms with Crippen molar-refractivity contribution < 1.29 is 13.2 Å². The molecule has 1 aliphatic rings. The quantitative estimate of drug-likeness (QED) is 0.614. The Morgan fingerprint density at radius 1 is 1.00 bits per heavy atom. The zero-order valence-corrected chi connectivity index (χ0v) is 19.7. The Morgan fingerprint density at radius 3 is 2.33 bits per heavy atom. The van der Waals surface area contributed by atoms with Gasteiger partial charge in [-0.1, -0.05) is 24.3 Å². The number of anilines is 1. The molecule has 0 unspecified atom stereocenters. The monoisotopic (exact) mass is 469 g/mol. The van der Waals surface area contributed by atoms with Gasteiger partial charge in [0, 0.05) is 37.3 Å². The van der Waals surface area contributed by atoms with Crippen molar-refractivity contribution in [2.75, 3.05) is 38.5 Å². The van der Waals surface area contributed by atoms with E-state index in [1.807, 2.05) is 20.9 Å². The van der Waals surface area contributed by atoms with Gasteiger partial charge in [-0.25, -0.2) is 13.1 Å². The third-order valence-electron chi connectivity index (χ3n) is 5.72. The molecule has 1 saturated heterocycles. The van der Waals surface area contributed by atoms with Gasteiger partial charge in [-0.15, -0.1) is 0 Å². The van der Waals surface area contributed by atoms with Gasteiger partial charge in [0.25, 0.3) is 11.5 Å². The molecule has 0 radical (unpaired) electrons. The molecule has 174 valence electrons. The van der Waals surface area contributed by atoms with Gasteiger partial charge in [-0.3, -0.25) is 9.59 Å². The Labute approximate surface area is 192 Å². The van der Waals surface area contributed by atoms with Crippen LogP contribution in [0.1, 0.15) is 30.4 Å². The van der Waals surface area contributed by atoms with Crippen molar-refractivity contribution >= 4 is 32.4 Å². The van der Waals surface area contributed by atoms with Crippen LogP contribution in [0.3, 0.4) is 0 Å². The number of sulfonamides is 1. The Balaban J connectivity index is 1.66. The fourth-order valence-electron chi connectivity index (χ4n) is 3.83. The maximum Gasteiger partial charge on any atom is 0.276 e. The average molecular weight is 470 g/mol. The van der Waals surface area contributed by atoms with Crippen molar-refractivity contribution in [1.29, 1.82) is 0 Å². The molecule has 9 nitrogen and oxygen atoms in total. The first-order valence-electron chi connectivity index (χ1n) is 10.8. The van der Waals surface area contributed by atoms with E-state index in [0.717, 1.165) is 0 Å². The highest BCUT2D eigenvalue weighted by Crippen LogP contribution is 2.22. The van der Waals surface area contributed by atoms with Crippen LogP contribution in [0.15, 0.2) is 58.2 Å². The maximum atomic E-state index is 13.2. The van der Waals surface area contributed by atoms with Crippen molar-refractivity contribution in [3.8, 4) is 0 Å². The standard InChI is InChI=1S/C23H27N5O4S/c1-16(2)28-23(30)20-10-5-4-9-19(20)21(25-28)22(29)24-17-7-6-8-18(15-17)33(31,32)27-13-11-26(3)12-14-27/h4-10,15-16H,11-14H2,1-3H3,(H,24,29). The predicted octanol–water partition coefficient (Wildman–Crippen LogP) is 2.17. The molecule has 3 aromatic rings. The van der Waals surface area contributed by atoms with Gasteiger partial charge in [0.15, 0.2) is 5.69 Å². The minimum atomic E-state index is -3.67. The van der Waals surface area contributed by atoms with Crippen LogP contribution in [-0.4, -0.2) is 66.5 Å². The van der Waals surface area contributed by atoms with Crippen LogP contribution in [0.5, 0.6) is 0 Å². The Bertz CT molecular complexity index is 1360. The van der Waals surface area contributed by atoms with Crippen LogP contribution in [-0.2, 0) is 10.0 Å². The zero-order valence-electron chi connectivity index (χ0n) is 18.9. The highest BCUT2D eigenvalue weighted by atomic mass is 32.2. The number of hydrogen-bond donors (Lipinski definition) is 1. The summed E-state index contributed by atoms with van der Waals surface area (Å²) in [6, 6.07) is 12.8. The van der Waals surface area contributed by atoms with E-state index in [1.165, 1.54) is 21.1 Å². The number of nitrogens with one attached hydrogen (secondary N) is 1. The lowest BCUT2D eigenvalue weighted by Gasteiger charge is -2.31. The van der Waals surface area contributed by atoms with Crippen molar-refractivity contribution in [3.63, 3.8) is 0 Å². The summed E-state index contributed by atoms with van der Waals surface area (Å²) in [4.78, 5) is 28.1. The zero-order chi connectivity index (χ0) is 23.8. The van der Waals surface area contributed by atoms with Gasteiger partial charge in [-0.2, -0.15) is 9.40 Å². The first-order valence-corrected chi connectivity index (χ1v) is 12.2. The van der Waals surface area contributed by atoms with Crippen LogP contribution in [0, 0.1) is 0 Å². The Hall–Kier alpha value is -3.08. The van der Waals surface area contributed by atoms with Crippen molar-refractivity contribution in [1.82, 2.24) is 19.0 Å². The summed E-state index contributed by atoms with van der Waals surface area (Å²) in [6.45, 7) is 5.80. The second-order valence-electron chi connectivity index (χ2n) is 8.43. The molecule has 0 aliphatic carbocycles. The van der Waals surface area contributed by atoms with Gasteiger partial charge >= 0.3 is 0 Å². The van der Waals surface area contributed by atoms with Crippen LogP contribution < -0.4 is 10.9 Å². The molecule has 0 atom stereocenters. The van der Waals surface area contributed by atoms with E-state index in [2.05, 4.69) is 15.3 Å². The van der Waals surface area contributed by atoms with Crippen molar-refractivity contribution in [2.45, 2.75) is 24.8 Å². The van der Waals surface area contributed by atoms with E-state index in [4.69, 9.17) is 0 Å². The summed E-state index contributed by atoms with van der Waals surface area (Å²) in [7, 11) is -1.71. The molecule has 1 fully saturated rings.